The highest BCUT2D eigenvalue weighted by atomic mass is 16.6. The fourth-order valence-corrected chi connectivity index (χ4v) is 5.20. The molecule has 4 heteroatoms. The Morgan fingerprint density at radius 2 is 0.632 bits per heavy atom. The SMILES string of the molecule is CCCCCCCCCCCCCCCCCC(=O)OC(=O)CCCCCCCCCCCCCCCO. The summed E-state index contributed by atoms with van der Waals surface area (Å²) in [7, 11) is 0. The number of unbranched alkanes of at least 4 members (excludes halogenated alkanes) is 26. The zero-order valence-electron chi connectivity index (χ0n) is 25.6. The number of rotatable bonds is 31. The highest BCUT2D eigenvalue weighted by Crippen LogP contribution is 2.15. The molecule has 0 saturated heterocycles. The van der Waals surface area contributed by atoms with Crippen molar-refractivity contribution in [2.75, 3.05) is 6.61 Å². The molecule has 226 valence electrons. The van der Waals surface area contributed by atoms with Crippen molar-refractivity contribution < 1.29 is 19.4 Å². The van der Waals surface area contributed by atoms with Crippen LogP contribution in [0.3, 0.4) is 0 Å². The van der Waals surface area contributed by atoms with Crippen LogP contribution >= 0.6 is 0 Å². The van der Waals surface area contributed by atoms with Gasteiger partial charge in [-0.3, -0.25) is 9.59 Å². The minimum Gasteiger partial charge on any atom is -0.396 e. The lowest BCUT2D eigenvalue weighted by Crippen LogP contribution is -2.11. The number of ether oxygens (including phenoxy) is 1. The first kappa shape index (κ1) is 37.1. The van der Waals surface area contributed by atoms with Crippen LogP contribution in [0, 0.1) is 0 Å². The number of esters is 2. The first-order valence-corrected chi connectivity index (χ1v) is 17.0. The summed E-state index contributed by atoms with van der Waals surface area (Å²) in [6, 6.07) is 0. The molecule has 0 saturated carbocycles. The molecule has 38 heavy (non-hydrogen) atoms. The number of carbonyl (C=O) groups excluding carboxylic acids is 2. The molecule has 0 aromatic heterocycles. The molecule has 0 aromatic carbocycles. The molecule has 0 atom stereocenters. The van der Waals surface area contributed by atoms with Gasteiger partial charge in [0.25, 0.3) is 0 Å². The fourth-order valence-electron chi connectivity index (χ4n) is 5.20. The van der Waals surface area contributed by atoms with Crippen LogP contribution in [0.25, 0.3) is 0 Å². The lowest BCUT2D eigenvalue weighted by Gasteiger charge is -2.05. The summed E-state index contributed by atoms with van der Waals surface area (Å²) in [5.74, 6) is -0.673. The Morgan fingerprint density at radius 3 is 0.895 bits per heavy atom. The van der Waals surface area contributed by atoms with Crippen molar-refractivity contribution >= 4 is 11.9 Å². The molecule has 0 fully saturated rings. The Hall–Kier alpha value is -0.900. The summed E-state index contributed by atoms with van der Waals surface area (Å²) in [4.78, 5) is 23.8. The van der Waals surface area contributed by atoms with E-state index >= 15 is 0 Å². The van der Waals surface area contributed by atoms with Gasteiger partial charge in [-0.05, 0) is 19.3 Å². The minimum atomic E-state index is -0.338. The molecule has 0 rings (SSSR count). The van der Waals surface area contributed by atoms with E-state index in [0.29, 0.717) is 19.4 Å². The van der Waals surface area contributed by atoms with Gasteiger partial charge in [-0.25, -0.2) is 0 Å². The number of hydrogen-bond acceptors (Lipinski definition) is 4. The van der Waals surface area contributed by atoms with E-state index in [1.54, 1.807) is 0 Å². The second kappa shape index (κ2) is 32.3. The van der Waals surface area contributed by atoms with E-state index in [0.717, 1.165) is 38.5 Å². The summed E-state index contributed by atoms with van der Waals surface area (Å²) < 4.78 is 4.99. The smallest absolute Gasteiger partial charge is 0.313 e. The average Bonchev–Trinajstić information content (AvgIpc) is 2.91. The van der Waals surface area contributed by atoms with Crippen molar-refractivity contribution in [3.8, 4) is 0 Å². The van der Waals surface area contributed by atoms with Crippen LogP contribution in [0.4, 0.5) is 0 Å². The summed E-state index contributed by atoms with van der Waals surface area (Å²) >= 11 is 0. The third kappa shape index (κ3) is 31.3. The molecule has 0 unspecified atom stereocenters. The maximum absolute atomic E-state index is 11.9. The third-order valence-corrected chi connectivity index (χ3v) is 7.75. The topological polar surface area (TPSA) is 63.6 Å². The van der Waals surface area contributed by atoms with Gasteiger partial charge >= 0.3 is 11.9 Å². The predicted molar refractivity (Wildman–Crippen MR) is 162 cm³/mol. The van der Waals surface area contributed by atoms with Gasteiger partial charge in [0.05, 0.1) is 0 Å². The van der Waals surface area contributed by atoms with Gasteiger partial charge in [0.1, 0.15) is 0 Å². The predicted octanol–water partition coefficient (Wildman–Crippen LogP) is 10.8. The Balaban J connectivity index is 3.28. The van der Waals surface area contributed by atoms with E-state index in [-0.39, 0.29) is 11.9 Å². The Bertz CT molecular complexity index is 491. The summed E-state index contributed by atoms with van der Waals surface area (Å²) in [6.45, 7) is 2.61. The number of hydrogen-bond donors (Lipinski definition) is 1. The summed E-state index contributed by atoms with van der Waals surface area (Å²) in [6.07, 6.45) is 35.9. The highest BCUT2D eigenvalue weighted by molar-refractivity contribution is 5.85. The first-order valence-electron chi connectivity index (χ1n) is 17.0. The Labute approximate surface area is 237 Å². The van der Waals surface area contributed by atoms with Crippen LogP contribution < -0.4 is 0 Å². The quantitative estimate of drug-likeness (QED) is 0.0541. The van der Waals surface area contributed by atoms with Crippen LogP contribution in [0.5, 0.6) is 0 Å². The lowest BCUT2D eigenvalue weighted by atomic mass is 10.0. The maximum Gasteiger partial charge on any atom is 0.313 e. The van der Waals surface area contributed by atoms with Gasteiger partial charge in [-0.15, -0.1) is 0 Å². The van der Waals surface area contributed by atoms with E-state index in [9.17, 15) is 9.59 Å². The molecule has 0 radical (unpaired) electrons. The fraction of sp³-hybridized carbons (Fsp3) is 0.941. The Kier molecular flexibility index (Phi) is 31.5. The van der Waals surface area contributed by atoms with Gasteiger partial charge in [0.15, 0.2) is 0 Å². The van der Waals surface area contributed by atoms with E-state index in [2.05, 4.69) is 6.92 Å². The van der Waals surface area contributed by atoms with E-state index in [4.69, 9.17) is 9.84 Å². The molecule has 4 nitrogen and oxygen atoms in total. The van der Waals surface area contributed by atoms with Gasteiger partial charge in [-0.2, -0.15) is 0 Å². The lowest BCUT2D eigenvalue weighted by molar-refractivity contribution is -0.159. The largest absolute Gasteiger partial charge is 0.396 e. The van der Waals surface area contributed by atoms with Gasteiger partial charge in [0.2, 0.25) is 0 Å². The first-order chi connectivity index (χ1) is 18.7. The van der Waals surface area contributed by atoms with Crippen molar-refractivity contribution in [2.45, 2.75) is 200 Å². The molecule has 0 amide bonds. The molecule has 0 heterocycles. The number of carbonyl (C=O) groups is 2. The highest BCUT2D eigenvalue weighted by Gasteiger charge is 2.09. The van der Waals surface area contributed by atoms with E-state index in [1.165, 1.54) is 141 Å². The number of aliphatic hydroxyl groups excluding tert-OH is 1. The van der Waals surface area contributed by atoms with Crippen molar-refractivity contribution in [1.29, 1.82) is 0 Å². The van der Waals surface area contributed by atoms with Crippen molar-refractivity contribution in [3.05, 3.63) is 0 Å². The second-order valence-electron chi connectivity index (χ2n) is 11.6. The van der Waals surface area contributed by atoms with Gasteiger partial charge < -0.3 is 9.84 Å². The van der Waals surface area contributed by atoms with Crippen molar-refractivity contribution in [3.63, 3.8) is 0 Å². The van der Waals surface area contributed by atoms with Crippen molar-refractivity contribution in [2.24, 2.45) is 0 Å². The summed E-state index contributed by atoms with van der Waals surface area (Å²) in [5.41, 5.74) is 0. The Morgan fingerprint density at radius 1 is 0.395 bits per heavy atom. The third-order valence-electron chi connectivity index (χ3n) is 7.75. The van der Waals surface area contributed by atoms with Crippen LogP contribution in [-0.4, -0.2) is 23.7 Å². The monoisotopic (exact) mass is 538 g/mol. The minimum absolute atomic E-state index is 0.332. The zero-order valence-corrected chi connectivity index (χ0v) is 25.6. The molecule has 0 aromatic rings. The molecule has 0 aliphatic carbocycles. The van der Waals surface area contributed by atoms with Crippen LogP contribution in [0.15, 0.2) is 0 Å². The molecule has 0 bridgehead atoms. The molecule has 0 aliphatic rings. The van der Waals surface area contributed by atoms with Crippen molar-refractivity contribution in [1.82, 2.24) is 0 Å². The second-order valence-corrected chi connectivity index (χ2v) is 11.6. The van der Waals surface area contributed by atoms with E-state index in [1.807, 2.05) is 0 Å². The van der Waals surface area contributed by atoms with Crippen LogP contribution in [0.1, 0.15) is 200 Å². The number of aliphatic hydroxyl groups is 1. The zero-order chi connectivity index (χ0) is 27.8. The van der Waals surface area contributed by atoms with Crippen LogP contribution in [-0.2, 0) is 14.3 Å². The molecular formula is C34H66O4. The standard InChI is InChI=1S/C34H66O4/c1-2-3-4-5-6-7-8-9-10-12-15-18-21-24-27-30-33(36)38-34(37)31-28-25-22-19-16-13-11-14-17-20-23-26-29-32-35/h35H,2-32H2,1H3. The van der Waals surface area contributed by atoms with Gasteiger partial charge in [-0.1, -0.05) is 167 Å². The molecule has 1 N–H and O–H groups in total. The summed E-state index contributed by atoms with van der Waals surface area (Å²) in [5, 5.41) is 8.77. The average molecular weight is 539 g/mol. The van der Waals surface area contributed by atoms with Crippen LogP contribution in [0.2, 0.25) is 0 Å². The van der Waals surface area contributed by atoms with Gasteiger partial charge in [0, 0.05) is 19.4 Å². The molecular weight excluding hydrogens is 472 g/mol. The maximum atomic E-state index is 11.9. The molecule has 0 aliphatic heterocycles. The normalized spacial score (nSPS) is 11.2. The van der Waals surface area contributed by atoms with E-state index < -0.39 is 0 Å². The molecule has 0 spiro atoms.